The Kier molecular flexibility index (Phi) is 7.04. The number of fused-ring (bicyclic) bond motifs is 4. The molecule has 3 fully saturated rings. The molecule has 7 rings (SSSR count). The van der Waals surface area contributed by atoms with Gasteiger partial charge in [-0.1, -0.05) is 45.8 Å². The van der Waals surface area contributed by atoms with E-state index in [4.69, 9.17) is 27.6 Å². The summed E-state index contributed by atoms with van der Waals surface area (Å²) >= 11 is 17.6. The molecule has 1 saturated carbocycles. The summed E-state index contributed by atoms with van der Waals surface area (Å²) in [5, 5.41) is 13.0. The van der Waals surface area contributed by atoms with E-state index in [-0.39, 0.29) is 42.3 Å². The molecule has 226 valence electrons. The van der Waals surface area contributed by atoms with Crippen LogP contribution in [0.4, 0.5) is 17.1 Å². The average Bonchev–Trinajstić information content (AvgIpc) is 3.64. The van der Waals surface area contributed by atoms with Crippen LogP contribution in [0.3, 0.4) is 0 Å². The van der Waals surface area contributed by atoms with Gasteiger partial charge in [0.2, 0.25) is 11.8 Å². The molecule has 9 nitrogen and oxygen atoms in total. The number of para-hydroxylation sites is 1. The number of halogens is 3. The molecule has 44 heavy (non-hydrogen) atoms. The molecule has 2 N–H and O–H groups in total. The van der Waals surface area contributed by atoms with Crippen LogP contribution in [-0.2, 0) is 25.8 Å². The van der Waals surface area contributed by atoms with Crippen molar-refractivity contribution in [1.29, 1.82) is 0 Å². The number of allylic oxidation sites excluding steroid dienone is 2. The van der Waals surface area contributed by atoms with E-state index in [0.29, 0.717) is 11.3 Å². The van der Waals surface area contributed by atoms with Crippen molar-refractivity contribution in [1.82, 2.24) is 4.90 Å². The van der Waals surface area contributed by atoms with Crippen LogP contribution < -0.4 is 10.2 Å². The number of benzene rings is 2. The Labute approximate surface area is 270 Å². The van der Waals surface area contributed by atoms with Crippen molar-refractivity contribution in [2.75, 3.05) is 15.7 Å². The smallest absolute Gasteiger partial charge is 0.254 e. The van der Waals surface area contributed by atoms with Gasteiger partial charge in [-0.25, -0.2) is 0 Å². The number of carbonyl (C=O) groups is 4. The van der Waals surface area contributed by atoms with Crippen LogP contribution in [0, 0.1) is 17.8 Å². The van der Waals surface area contributed by atoms with Crippen molar-refractivity contribution in [3.05, 3.63) is 89.9 Å². The molecule has 2 aliphatic heterocycles. The molecule has 4 amide bonds. The number of amides is 4. The van der Waals surface area contributed by atoms with Gasteiger partial charge < -0.3 is 14.8 Å². The van der Waals surface area contributed by atoms with E-state index < -0.39 is 51.1 Å². The summed E-state index contributed by atoms with van der Waals surface area (Å²) in [5.74, 6) is -4.77. The van der Waals surface area contributed by atoms with E-state index in [0.717, 1.165) is 16.3 Å². The average molecular weight is 699 g/mol. The first-order valence-electron chi connectivity index (χ1n) is 14.1. The topological polar surface area (TPSA) is 120 Å². The Morgan fingerprint density at radius 3 is 2.27 bits per heavy atom. The Morgan fingerprint density at radius 2 is 1.61 bits per heavy atom. The van der Waals surface area contributed by atoms with Gasteiger partial charge in [-0.2, -0.15) is 0 Å². The molecule has 6 atom stereocenters. The van der Waals surface area contributed by atoms with E-state index in [1.165, 1.54) is 4.90 Å². The molecule has 12 heteroatoms. The standard InChI is InChI=1S/C32H26BrCl2N3O6/c33-16-37-29(42)31(34)14-23-21(26(32(31,35)30(37)43)24-13-10-20(15-39)44-24)11-12-22-25(23)28(41)38(27(22)40)19-8-6-18(7-9-19)36-17-4-2-1-3-5-17/h1-11,13,22-23,25-26,36,39H,12,14-16H2. The molecule has 3 heterocycles. The highest BCUT2D eigenvalue weighted by Gasteiger charge is 2.76. The van der Waals surface area contributed by atoms with Crippen LogP contribution >= 0.6 is 39.1 Å². The minimum absolute atomic E-state index is 0.115. The number of nitrogens with one attached hydrogen (secondary N) is 1. The Bertz CT molecular complexity index is 1730. The zero-order chi connectivity index (χ0) is 31.0. The number of aliphatic hydroxyl groups excluding tert-OH is 1. The summed E-state index contributed by atoms with van der Waals surface area (Å²) in [7, 11) is 0. The number of hydrogen-bond acceptors (Lipinski definition) is 7. The monoisotopic (exact) mass is 697 g/mol. The second-order valence-electron chi connectivity index (χ2n) is 11.5. The number of aliphatic hydroxyl groups is 1. The van der Waals surface area contributed by atoms with Gasteiger partial charge in [-0.15, -0.1) is 23.2 Å². The first kappa shape index (κ1) is 29.3. The zero-order valence-electron chi connectivity index (χ0n) is 23.1. The van der Waals surface area contributed by atoms with E-state index in [2.05, 4.69) is 21.2 Å². The van der Waals surface area contributed by atoms with Crippen LogP contribution in [0.15, 0.2) is 82.8 Å². The third kappa shape index (κ3) is 4.00. The van der Waals surface area contributed by atoms with Gasteiger partial charge in [-0.3, -0.25) is 29.0 Å². The number of likely N-dealkylation sites (tertiary alicyclic amines) is 1. The molecular weight excluding hydrogens is 673 g/mol. The molecule has 2 aromatic carbocycles. The number of rotatable bonds is 6. The summed E-state index contributed by atoms with van der Waals surface area (Å²) in [6.07, 6.45) is 1.96. The van der Waals surface area contributed by atoms with Crippen LogP contribution in [0.25, 0.3) is 0 Å². The van der Waals surface area contributed by atoms with Crippen LogP contribution in [0.1, 0.15) is 30.3 Å². The highest BCUT2D eigenvalue weighted by Crippen LogP contribution is 2.65. The number of nitrogens with zero attached hydrogens (tertiary/aromatic N) is 2. The number of furan rings is 1. The molecule has 2 saturated heterocycles. The zero-order valence-corrected chi connectivity index (χ0v) is 26.2. The summed E-state index contributed by atoms with van der Waals surface area (Å²) in [6, 6.07) is 19.8. The largest absolute Gasteiger partial charge is 0.463 e. The van der Waals surface area contributed by atoms with Gasteiger partial charge in [0.15, 0.2) is 9.75 Å². The predicted molar refractivity (Wildman–Crippen MR) is 167 cm³/mol. The van der Waals surface area contributed by atoms with Gasteiger partial charge in [0, 0.05) is 11.4 Å². The van der Waals surface area contributed by atoms with Crippen molar-refractivity contribution in [2.45, 2.75) is 35.1 Å². The van der Waals surface area contributed by atoms with E-state index in [9.17, 15) is 24.3 Å². The van der Waals surface area contributed by atoms with Crippen LogP contribution in [0.2, 0.25) is 0 Å². The lowest BCUT2D eigenvalue weighted by atomic mass is 9.57. The maximum absolute atomic E-state index is 14.2. The number of imide groups is 2. The maximum atomic E-state index is 14.2. The SMILES string of the molecule is O=C1C2CC=C3C(CC4(Cl)C(=O)N(CBr)C(=O)C4(Cl)C3c3ccc(CO)o3)C2C(=O)N1c1ccc(Nc2ccccc2)cc1. The van der Waals surface area contributed by atoms with Gasteiger partial charge in [-0.05, 0) is 67.3 Å². The summed E-state index contributed by atoms with van der Waals surface area (Å²) in [4.78, 5) is 53.8. The molecule has 0 radical (unpaired) electrons. The predicted octanol–water partition coefficient (Wildman–Crippen LogP) is 5.43. The van der Waals surface area contributed by atoms with Crippen molar-refractivity contribution in [3.63, 3.8) is 0 Å². The number of hydrogen-bond donors (Lipinski definition) is 2. The number of carbonyl (C=O) groups excluding carboxylic acids is 4. The minimum atomic E-state index is -1.95. The van der Waals surface area contributed by atoms with E-state index in [1.807, 2.05) is 36.4 Å². The maximum Gasteiger partial charge on any atom is 0.254 e. The Morgan fingerprint density at radius 1 is 0.909 bits per heavy atom. The lowest BCUT2D eigenvalue weighted by Gasteiger charge is -2.49. The van der Waals surface area contributed by atoms with Crippen molar-refractivity contribution in [2.24, 2.45) is 17.8 Å². The highest BCUT2D eigenvalue weighted by atomic mass is 79.9. The van der Waals surface area contributed by atoms with Gasteiger partial charge in [0.1, 0.15) is 18.1 Å². The Hall–Kier alpha value is -3.44. The van der Waals surface area contributed by atoms with Crippen molar-refractivity contribution in [3.8, 4) is 0 Å². The second-order valence-corrected chi connectivity index (χ2v) is 13.2. The summed E-state index contributed by atoms with van der Waals surface area (Å²) < 4.78 is 5.90. The fourth-order valence-electron chi connectivity index (χ4n) is 7.34. The molecule has 3 aromatic rings. The lowest BCUT2D eigenvalue weighted by molar-refractivity contribution is -0.138. The van der Waals surface area contributed by atoms with E-state index in [1.54, 1.807) is 36.4 Å². The molecule has 1 aromatic heterocycles. The first-order chi connectivity index (χ1) is 21.1. The molecule has 2 aliphatic carbocycles. The van der Waals surface area contributed by atoms with Crippen molar-refractivity contribution < 1.29 is 28.7 Å². The van der Waals surface area contributed by atoms with Gasteiger partial charge >= 0.3 is 0 Å². The third-order valence-corrected chi connectivity index (χ3v) is 11.2. The molecular formula is C32H26BrCl2N3O6. The van der Waals surface area contributed by atoms with Gasteiger partial charge in [0.25, 0.3) is 11.8 Å². The van der Waals surface area contributed by atoms with Crippen LogP contribution in [-0.4, -0.2) is 48.8 Å². The quantitative estimate of drug-likeness (QED) is 0.153. The van der Waals surface area contributed by atoms with Crippen LogP contribution in [0.5, 0.6) is 0 Å². The number of anilines is 3. The highest BCUT2D eigenvalue weighted by molar-refractivity contribution is 9.09. The molecule has 6 unspecified atom stereocenters. The molecule has 4 aliphatic rings. The second kappa shape index (κ2) is 10.6. The Balaban J connectivity index is 1.26. The fraction of sp³-hybridized carbons (Fsp3) is 0.312. The molecule has 0 bridgehead atoms. The van der Waals surface area contributed by atoms with Crippen molar-refractivity contribution >= 4 is 79.8 Å². The summed E-state index contributed by atoms with van der Waals surface area (Å²) in [5.41, 5.74) is 2.64. The molecule has 0 spiro atoms. The normalized spacial score (nSPS) is 31.1. The third-order valence-electron chi connectivity index (χ3n) is 9.33. The fourth-order valence-corrected chi connectivity index (χ4v) is 8.74. The minimum Gasteiger partial charge on any atom is -0.463 e. The van der Waals surface area contributed by atoms with Gasteiger partial charge in [0.05, 0.1) is 28.9 Å². The lowest BCUT2D eigenvalue weighted by Crippen LogP contribution is -2.60. The summed E-state index contributed by atoms with van der Waals surface area (Å²) in [6.45, 7) is -0.386. The number of alkyl halides is 3. The van der Waals surface area contributed by atoms with E-state index >= 15 is 0 Å². The first-order valence-corrected chi connectivity index (χ1v) is 16.0.